The monoisotopic (exact) mass is 278 g/mol. The van der Waals surface area contributed by atoms with Crippen molar-refractivity contribution in [3.8, 4) is 0 Å². The highest BCUT2D eigenvalue weighted by atomic mass is 32.2. The van der Waals surface area contributed by atoms with E-state index < -0.39 is 10.0 Å². The third-order valence-electron chi connectivity index (χ3n) is 2.88. The Balaban J connectivity index is 4.24. The van der Waals surface area contributed by atoms with E-state index in [2.05, 4.69) is 26.1 Å². The van der Waals surface area contributed by atoms with E-state index in [1.165, 1.54) is 0 Å². The van der Waals surface area contributed by atoms with Crippen LogP contribution in [0.3, 0.4) is 0 Å². The van der Waals surface area contributed by atoms with Crippen molar-refractivity contribution in [3.05, 3.63) is 0 Å². The highest BCUT2D eigenvalue weighted by Crippen LogP contribution is 2.06. The molecule has 18 heavy (non-hydrogen) atoms. The lowest BCUT2D eigenvalue weighted by Gasteiger charge is -2.22. The Morgan fingerprint density at radius 3 is 1.89 bits per heavy atom. The van der Waals surface area contributed by atoms with Crippen LogP contribution in [0.5, 0.6) is 0 Å². The van der Waals surface area contributed by atoms with E-state index in [1.54, 1.807) is 4.31 Å². The van der Waals surface area contributed by atoms with Crippen molar-refractivity contribution in [3.63, 3.8) is 0 Å². The molecule has 0 aliphatic carbocycles. The van der Waals surface area contributed by atoms with Crippen molar-refractivity contribution >= 4 is 10.0 Å². The molecule has 0 bridgehead atoms. The van der Waals surface area contributed by atoms with Gasteiger partial charge in [-0.3, -0.25) is 0 Å². The quantitative estimate of drug-likeness (QED) is 0.557. The van der Waals surface area contributed by atoms with Gasteiger partial charge >= 0.3 is 0 Å². The van der Waals surface area contributed by atoms with E-state index in [-0.39, 0.29) is 5.75 Å². The van der Waals surface area contributed by atoms with Crippen molar-refractivity contribution in [1.29, 1.82) is 0 Å². The Kier molecular flexibility index (Phi) is 10.7. The van der Waals surface area contributed by atoms with Gasteiger partial charge in [0.1, 0.15) is 0 Å². The van der Waals surface area contributed by atoms with Gasteiger partial charge in [0.15, 0.2) is 0 Å². The first-order valence-corrected chi connectivity index (χ1v) is 8.87. The van der Waals surface area contributed by atoms with Crippen LogP contribution in [0.25, 0.3) is 0 Å². The molecule has 1 N–H and O–H groups in total. The molecule has 0 heterocycles. The van der Waals surface area contributed by atoms with E-state index in [1.807, 2.05) is 0 Å². The van der Waals surface area contributed by atoms with Crippen LogP contribution >= 0.6 is 0 Å². The number of nitrogens with one attached hydrogen (secondary N) is 1. The zero-order valence-corrected chi connectivity index (χ0v) is 13.1. The molecule has 0 saturated carbocycles. The van der Waals surface area contributed by atoms with Gasteiger partial charge < -0.3 is 5.32 Å². The highest BCUT2D eigenvalue weighted by Gasteiger charge is 2.20. The van der Waals surface area contributed by atoms with Gasteiger partial charge in [-0.2, -0.15) is 0 Å². The molecule has 0 spiro atoms. The van der Waals surface area contributed by atoms with E-state index in [9.17, 15) is 8.42 Å². The summed E-state index contributed by atoms with van der Waals surface area (Å²) in [5, 5.41) is 3.15. The van der Waals surface area contributed by atoms with E-state index >= 15 is 0 Å². The number of hydrogen-bond acceptors (Lipinski definition) is 3. The molecule has 5 heteroatoms. The minimum absolute atomic E-state index is 0.223. The number of nitrogens with zero attached hydrogens (tertiary/aromatic N) is 1. The molecule has 4 nitrogen and oxygen atoms in total. The first-order chi connectivity index (χ1) is 8.58. The molecule has 110 valence electrons. The summed E-state index contributed by atoms with van der Waals surface area (Å²) in [4.78, 5) is 0. The average molecular weight is 278 g/mol. The highest BCUT2D eigenvalue weighted by molar-refractivity contribution is 7.89. The minimum Gasteiger partial charge on any atom is -0.316 e. The van der Waals surface area contributed by atoms with Crippen molar-refractivity contribution in [2.75, 3.05) is 31.9 Å². The van der Waals surface area contributed by atoms with Crippen LogP contribution in [0.4, 0.5) is 0 Å². The van der Waals surface area contributed by atoms with Crippen LogP contribution < -0.4 is 5.32 Å². The lowest BCUT2D eigenvalue weighted by molar-refractivity contribution is 0.394. The van der Waals surface area contributed by atoms with Gasteiger partial charge in [-0.25, -0.2) is 12.7 Å². The smallest absolute Gasteiger partial charge is 0.215 e. The number of hydrogen-bond donors (Lipinski definition) is 1. The Morgan fingerprint density at radius 2 is 1.44 bits per heavy atom. The van der Waals surface area contributed by atoms with Gasteiger partial charge in [-0.1, -0.05) is 33.6 Å². The molecule has 0 aromatic rings. The zero-order chi connectivity index (χ0) is 13.9. The molecule has 0 amide bonds. The van der Waals surface area contributed by atoms with Crippen molar-refractivity contribution in [1.82, 2.24) is 9.62 Å². The average Bonchev–Trinajstić information content (AvgIpc) is 2.34. The van der Waals surface area contributed by atoms with E-state index in [0.29, 0.717) is 19.6 Å². The maximum atomic E-state index is 12.2. The van der Waals surface area contributed by atoms with Gasteiger partial charge in [0.05, 0.1) is 5.75 Å². The van der Waals surface area contributed by atoms with Crippen LogP contribution in [-0.2, 0) is 10.0 Å². The van der Waals surface area contributed by atoms with E-state index in [4.69, 9.17) is 0 Å². The maximum absolute atomic E-state index is 12.2. The number of sulfonamides is 1. The van der Waals surface area contributed by atoms with Crippen molar-refractivity contribution < 1.29 is 8.42 Å². The first kappa shape index (κ1) is 17.9. The van der Waals surface area contributed by atoms with Gasteiger partial charge in [0.25, 0.3) is 0 Å². The third kappa shape index (κ3) is 8.06. The summed E-state index contributed by atoms with van der Waals surface area (Å²) in [7, 11) is -3.08. The Hall–Kier alpha value is -0.130. The first-order valence-electron chi connectivity index (χ1n) is 7.27. The number of unbranched alkanes of at least 4 members (excludes halogenated alkanes) is 2. The lowest BCUT2D eigenvalue weighted by atomic mass is 10.3. The van der Waals surface area contributed by atoms with Crippen molar-refractivity contribution in [2.45, 2.75) is 52.9 Å². The topological polar surface area (TPSA) is 49.4 Å². The fourth-order valence-corrected chi connectivity index (χ4v) is 3.17. The molecule has 0 aliphatic rings. The summed E-state index contributed by atoms with van der Waals surface area (Å²) < 4.78 is 26.1. The molecule has 0 rings (SSSR count). The van der Waals surface area contributed by atoms with Gasteiger partial charge in [-0.15, -0.1) is 0 Å². The molecule has 0 aromatic carbocycles. The van der Waals surface area contributed by atoms with Crippen LogP contribution in [-0.4, -0.2) is 44.7 Å². The predicted molar refractivity (Wildman–Crippen MR) is 78.3 cm³/mol. The standard InChI is InChI=1S/C13H30N2O2S/c1-4-7-11-15(12-8-5-2)18(16,17)13-10-14-9-6-3/h14H,4-13H2,1-3H3. The zero-order valence-electron chi connectivity index (χ0n) is 12.2. The predicted octanol–water partition coefficient (Wildman–Crippen LogP) is 2.22. The molecule has 0 saturated heterocycles. The normalized spacial score (nSPS) is 12.2. The summed E-state index contributed by atoms with van der Waals surface area (Å²) >= 11 is 0. The molecule has 0 unspecified atom stereocenters. The minimum atomic E-state index is -3.08. The Labute approximate surface area is 113 Å². The fourth-order valence-electron chi connectivity index (χ4n) is 1.69. The van der Waals surface area contributed by atoms with Gasteiger partial charge in [0.2, 0.25) is 10.0 Å². The summed E-state index contributed by atoms with van der Waals surface area (Å²) in [6.07, 6.45) is 5.00. The van der Waals surface area contributed by atoms with Crippen LogP contribution in [0.1, 0.15) is 52.9 Å². The van der Waals surface area contributed by atoms with Gasteiger partial charge in [-0.05, 0) is 25.8 Å². The maximum Gasteiger partial charge on any atom is 0.215 e. The molecule has 0 atom stereocenters. The molecule has 0 aliphatic heterocycles. The SMILES string of the molecule is CCCCN(CCCC)S(=O)(=O)CCNCCC. The molecule has 0 aromatic heterocycles. The second-order valence-electron chi connectivity index (χ2n) is 4.67. The fraction of sp³-hybridized carbons (Fsp3) is 1.00. The molecular formula is C13H30N2O2S. The summed E-state index contributed by atoms with van der Waals surface area (Å²) in [6, 6.07) is 0. The second-order valence-corrected chi connectivity index (χ2v) is 6.76. The Bertz CT molecular complexity index is 271. The van der Waals surface area contributed by atoms with Crippen LogP contribution in [0.15, 0.2) is 0 Å². The third-order valence-corrected chi connectivity index (χ3v) is 4.75. The van der Waals surface area contributed by atoms with Crippen LogP contribution in [0, 0.1) is 0 Å². The summed E-state index contributed by atoms with van der Waals surface area (Å²) in [5.74, 6) is 0.223. The largest absolute Gasteiger partial charge is 0.316 e. The van der Waals surface area contributed by atoms with Crippen LogP contribution in [0.2, 0.25) is 0 Å². The number of rotatable bonds is 12. The summed E-state index contributed by atoms with van der Waals surface area (Å²) in [5.41, 5.74) is 0. The molecule has 0 radical (unpaired) electrons. The van der Waals surface area contributed by atoms with Gasteiger partial charge in [0, 0.05) is 19.6 Å². The van der Waals surface area contributed by atoms with E-state index in [0.717, 1.165) is 38.6 Å². The molecule has 0 fully saturated rings. The lowest BCUT2D eigenvalue weighted by Crippen LogP contribution is -2.37. The Morgan fingerprint density at radius 1 is 0.889 bits per heavy atom. The molecular weight excluding hydrogens is 248 g/mol. The second kappa shape index (κ2) is 10.8. The summed E-state index contributed by atoms with van der Waals surface area (Å²) in [6.45, 7) is 9.06. The van der Waals surface area contributed by atoms with Crippen molar-refractivity contribution in [2.24, 2.45) is 0 Å².